The highest BCUT2D eigenvalue weighted by molar-refractivity contribution is 5.94. The lowest BCUT2D eigenvalue weighted by molar-refractivity contribution is 0.0827. The Morgan fingerprint density at radius 1 is 1.06 bits per heavy atom. The van der Waals surface area contributed by atoms with Crippen LogP contribution in [-0.2, 0) is 6.54 Å². The predicted octanol–water partition coefficient (Wildman–Crippen LogP) is 2.55. The Bertz CT molecular complexity index is 1050. The fraction of sp³-hybridized carbons (Fsp3) is 0.250. The van der Waals surface area contributed by atoms with Gasteiger partial charge >= 0.3 is 0 Å². The second kappa shape index (κ2) is 10.6. The normalized spacial score (nSPS) is 11.7. The van der Waals surface area contributed by atoms with E-state index < -0.39 is 0 Å². The quantitative estimate of drug-likeness (QED) is 0.199. The lowest BCUT2D eigenvalue weighted by atomic mass is 9.87. The van der Waals surface area contributed by atoms with Gasteiger partial charge in [-0.15, -0.1) is 0 Å². The molecule has 0 aliphatic heterocycles. The minimum Gasteiger partial charge on any atom is -0.395 e. The van der Waals surface area contributed by atoms with Crippen LogP contribution in [0.3, 0.4) is 0 Å². The Morgan fingerprint density at radius 3 is 2.50 bits per heavy atom. The van der Waals surface area contributed by atoms with Crippen molar-refractivity contribution in [1.29, 1.82) is 0 Å². The molecule has 0 spiro atoms. The van der Waals surface area contributed by atoms with E-state index in [1.807, 2.05) is 48.5 Å². The lowest BCUT2D eigenvalue weighted by Crippen LogP contribution is -2.22. The number of hydrogen-bond acceptors (Lipinski definition) is 7. The van der Waals surface area contributed by atoms with E-state index in [-0.39, 0.29) is 11.8 Å². The third kappa shape index (κ3) is 5.54. The standard InChI is InChI=1S/C24H31N7O/c1-31(2)24(32)18-10-6-7-16(13-18)15-28-12-11-19(17-8-4-3-5-9-17)20-14-21(25)29-23(30-27)22(20)26/h3-10,13-14,19,28H,11-12,15,26-27H2,1-2H3,(H3,25,29,30). The maximum absolute atomic E-state index is 12.2. The number of hydrogen-bond donors (Lipinski definition) is 5. The molecule has 0 fully saturated rings. The molecular weight excluding hydrogens is 402 g/mol. The number of aromatic nitrogens is 1. The third-order valence-corrected chi connectivity index (χ3v) is 5.34. The summed E-state index contributed by atoms with van der Waals surface area (Å²) in [4.78, 5) is 18.0. The Labute approximate surface area is 188 Å². The van der Waals surface area contributed by atoms with Crippen LogP contribution in [-0.4, -0.2) is 36.4 Å². The van der Waals surface area contributed by atoms with Crippen LogP contribution in [0.2, 0.25) is 0 Å². The lowest BCUT2D eigenvalue weighted by Gasteiger charge is -2.22. The first-order valence-corrected chi connectivity index (χ1v) is 10.5. The van der Waals surface area contributed by atoms with E-state index in [0.717, 1.165) is 29.7 Å². The van der Waals surface area contributed by atoms with Gasteiger partial charge in [-0.1, -0.05) is 42.5 Å². The summed E-state index contributed by atoms with van der Waals surface area (Å²) in [6.07, 6.45) is 0.790. The van der Waals surface area contributed by atoms with Gasteiger partial charge in [0.2, 0.25) is 0 Å². The van der Waals surface area contributed by atoms with Crippen LogP contribution in [0.5, 0.6) is 0 Å². The summed E-state index contributed by atoms with van der Waals surface area (Å²) >= 11 is 0. The van der Waals surface area contributed by atoms with Gasteiger partial charge in [0.1, 0.15) is 5.82 Å². The highest BCUT2D eigenvalue weighted by Crippen LogP contribution is 2.35. The Balaban J connectivity index is 1.74. The number of hydrazine groups is 1. The highest BCUT2D eigenvalue weighted by atomic mass is 16.2. The number of nitrogens with one attached hydrogen (secondary N) is 2. The first-order valence-electron chi connectivity index (χ1n) is 10.5. The number of amides is 1. The average molecular weight is 434 g/mol. The van der Waals surface area contributed by atoms with Crippen molar-refractivity contribution in [2.75, 3.05) is 37.5 Å². The number of anilines is 3. The van der Waals surface area contributed by atoms with Crippen molar-refractivity contribution in [3.05, 3.63) is 82.9 Å². The van der Waals surface area contributed by atoms with Gasteiger partial charge < -0.3 is 27.1 Å². The molecule has 0 radical (unpaired) electrons. The van der Waals surface area contributed by atoms with E-state index >= 15 is 0 Å². The zero-order valence-corrected chi connectivity index (χ0v) is 18.5. The van der Waals surface area contributed by atoms with E-state index in [9.17, 15) is 4.79 Å². The number of nitrogens with zero attached hydrogens (tertiary/aromatic N) is 2. The Morgan fingerprint density at radius 2 is 1.81 bits per heavy atom. The van der Waals surface area contributed by atoms with Crippen LogP contribution in [0.4, 0.5) is 17.3 Å². The van der Waals surface area contributed by atoms with Gasteiger partial charge in [0, 0.05) is 32.1 Å². The SMILES string of the molecule is CN(C)C(=O)c1cccc(CNCCC(c2ccccc2)c2cc(N)nc(NN)c2N)c1. The fourth-order valence-electron chi connectivity index (χ4n) is 3.73. The molecule has 168 valence electrons. The van der Waals surface area contributed by atoms with Crippen LogP contribution < -0.4 is 28.1 Å². The van der Waals surface area contributed by atoms with Gasteiger partial charge in [0.25, 0.3) is 5.91 Å². The van der Waals surface area contributed by atoms with Gasteiger partial charge in [-0.3, -0.25) is 4.79 Å². The van der Waals surface area contributed by atoms with Gasteiger partial charge in [-0.25, -0.2) is 10.8 Å². The summed E-state index contributed by atoms with van der Waals surface area (Å²) in [5, 5.41) is 3.48. The molecule has 8 heteroatoms. The van der Waals surface area contributed by atoms with E-state index in [1.54, 1.807) is 19.0 Å². The van der Waals surface area contributed by atoms with Crippen molar-refractivity contribution in [2.45, 2.75) is 18.9 Å². The van der Waals surface area contributed by atoms with Crippen molar-refractivity contribution in [2.24, 2.45) is 5.84 Å². The van der Waals surface area contributed by atoms with E-state index in [0.29, 0.717) is 29.4 Å². The molecule has 8 nitrogen and oxygen atoms in total. The zero-order valence-electron chi connectivity index (χ0n) is 18.5. The van der Waals surface area contributed by atoms with Crippen molar-refractivity contribution < 1.29 is 4.79 Å². The molecule has 1 heterocycles. The maximum atomic E-state index is 12.2. The molecule has 0 saturated carbocycles. The highest BCUT2D eigenvalue weighted by Gasteiger charge is 2.20. The summed E-state index contributed by atoms with van der Waals surface area (Å²) in [5.74, 6) is 6.32. The van der Waals surface area contributed by atoms with Crippen molar-refractivity contribution in [3.63, 3.8) is 0 Å². The largest absolute Gasteiger partial charge is 0.395 e. The first-order chi connectivity index (χ1) is 15.4. The second-order valence-electron chi connectivity index (χ2n) is 7.87. The minimum absolute atomic E-state index is 0.00828. The molecule has 3 rings (SSSR count). The Hall–Kier alpha value is -3.62. The van der Waals surface area contributed by atoms with Gasteiger partial charge in [0.15, 0.2) is 5.82 Å². The third-order valence-electron chi connectivity index (χ3n) is 5.34. The van der Waals surface area contributed by atoms with Crippen LogP contribution in [0, 0.1) is 0 Å². The average Bonchev–Trinajstić information content (AvgIpc) is 2.80. The van der Waals surface area contributed by atoms with Crippen LogP contribution in [0.1, 0.15) is 39.4 Å². The number of carbonyl (C=O) groups is 1. The molecule has 0 aliphatic carbocycles. The van der Waals surface area contributed by atoms with Crippen molar-refractivity contribution in [1.82, 2.24) is 15.2 Å². The second-order valence-corrected chi connectivity index (χ2v) is 7.87. The summed E-state index contributed by atoms with van der Waals surface area (Å²) < 4.78 is 0. The van der Waals surface area contributed by atoms with Crippen LogP contribution >= 0.6 is 0 Å². The Kier molecular flexibility index (Phi) is 7.64. The predicted molar refractivity (Wildman–Crippen MR) is 130 cm³/mol. The molecule has 1 unspecified atom stereocenters. The number of rotatable bonds is 9. The van der Waals surface area contributed by atoms with Crippen molar-refractivity contribution in [3.8, 4) is 0 Å². The summed E-state index contributed by atoms with van der Waals surface area (Å²) in [6, 6.07) is 19.6. The molecule has 1 aromatic heterocycles. The molecule has 1 atom stereocenters. The number of nitrogens with two attached hydrogens (primary N) is 3. The van der Waals surface area contributed by atoms with Gasteiger partial charge in [0.05, 0.1) is 5.69 Å². The minimum atomic E-state index is -0.00828. The zero-order chi connectivity index (χ0) is 23.1. The molecule has 3 aromatic rings. The first kappa shape index (κ1) is 23.1. The van der Waals surface area contributed by atoms with Crippen molar-refractivity contribution >= 4 is 23.2 Å². The topological polar surface area (TPSA) is 135 Å². The number of carbonyl (C=O) groups excluding carboxylic acids is 1. The fourth-order valence-corrected chi connectivity index (χ4v) is 3.73. The van der Waals surface area contributed by atoms with Crippen LogP contribution in [0.25, 0.3) is 0 Å². The molecular formula is C24H31N7O. The number of benzene rings is 2. The molecule has 1 amide bonds. The number of nitrogen functional groups attached to an aromatic ring is 3. The van der Waals surface area contributed by atoms with Gasteiger partial charge in [-0.2, -0.15) is 0 Å². The summed E-state index contributed by atoms with van der Waals surface area (Å²) in [5.41, 5.74) is 19.1. The molecule has 0 bridgehead atoms. The maximum Gasteiger partial charge on any atom is 0.253 e. The molecule has 2 aromatic carbocycles. The molecule has 32 heavy (non-hydrogen) atoms. The monoisotopic (exact) mass is 433 g/mol. The molecule has 0 saturated heterocycles. The van der Waals surface area contributed by atoms with E-state index in [1.165, 1.54) is 0 Å². The molecule has 8 N–H and O–H groups in total. The molecule has 0 aliphatic rings. The van der Waals surface area contributed by atoms with E-state index in [2.05, 4.69) is 27.9 Å². The number of pyridine rings is 1. The smallest absolute Gasteiger partial charge is 0.253 e. The van der Waals surface area contributed by atoms with Crippen LogP contribution in [0.15, 0.2) is 60.7 Å². The summed E-state index contributed by atoms with van der Waals surface area (Å²) in [6.45, 7) is 1.39. The van der Waals surface area contributed by atoms with E-state index in [4.69, 9.17) is 17.3 Å². The van der Waals surface area contributed by atoms with Gasteiger partial charge in [-0.05, 0) is 47.9 Å². The summed E-state index contributed by atoms with van der Waals surface area (Å²) in [7, 11) is 3.50.